The van der Waals surface area contributed by atoms with Crippen molar-refractivity contribution < 1.29 is 14.3 Å². The first kappa shape index (κ1) is 15.5. The van der Waals surface area contributed by atoms with Gasteiger partial charge >= 0.3 is 0 Å². The standard InChI is InChI=1S/C16H22N2O3/c1-12(19)13-5-4-7-15(9-13)21-11-16(20)18-8-3-2-6-14(18)10-17/h4-5,7,9,14H,2-3,6,8,10-11,17H2,1H3. The highest BCUT2D eigenvalue weighted by Crippen LogP contribution is 2.18. The van der Waals surface area contributed by atoms with Crippen LogP contribution < -0.4 is 10.5 Å². The van der Waals surface area contributed by atoms with Crippen molar-refractivity contribution in [2.24, 2.45) is 5.73 Å². The van der Waals surface area contributed by atoms with E-state index in [1.54, 1.807) is 24.3 Å². The molecule has 1 unspecified atom stereocenters. The van der Waals surface area contributed by atoms with Gasteiger partial charge in [0.2, 0.25) is 0 Å². The maximum atomic E-state index is 12.2. The van der Waals surface area contributed by atoms with E-state index in [1.807, 2.05) is 4.90 Å². The lowest BCUT2D eigenvalue weighted by Crippen LogP contribution is -2.49. The molecular weight excluding hydrogens is 268 g/mol. The first-order chi connectivity index (χ1) is 10.1. The average Bonchev–Trinajstić information content (AvgIpc) is 2.52. The summed E-state index contributed by atoms with van der Waals surface area (Å²) in [4.78, 5) is 25.4. The Morgan fingerprint density at radius 1 is 1.38 bits per heavy atom. The van der Waals surface area contributed by atoms with Gasteiger partial charge in [-0.25, -0.2) is 0 Å². The number of nitrogens with two attached hydrogens (primary N) is 1. The Labute approximate surface area is 125 Å². The molecule has 0 aromatic heterocycles. The molecule has 0 bridgehead atoms. The molecule has 1 aromatic carbocycles. The summed E-state index contributed by atoms with van der Waals surface area (Å²) in [5, 5.41) is 0. The van der Waals surface area contributed by atoms with Crippen LogP contribution in [0.2, 0.25) is 0 Å². The van der Waals surface area contributed by atoms with Gasteiger partial charge in [0.05, 0.1) is 0 Å². The van der Waals surface area contributed by atoms with E-state index in [9.17, 15) is 9.59 Å². The number of ketones is 1. The molecular formula is C16H22N2O3. The van der Waals surface area contributed by atoms with Gasteiger partial charge in [-0.1, -0.05) is 12.1 Å². The molecule has 1 aliphatic rings. The summed E-state index contributed by atoms with van der Waals surface area (Å²) in [6.07, 6.45) is 3.09. The van der Waals surface area contributed by atoms with E-state index in [2.05, 4.69) is 0 Å². The summed E-state index contributed by atoms with van der Waals surface area (Å²) in [5.74, 6) is 0.474. The molecule has 1 aliphatic heterocycles. The van der Waals surface area contributed by atoms with Gasteiger partial charge in [-0.15, -0.1) is 0 Å². The van der Waals surface area contributed by atoms with Crippen molar-refractivity contribution >= 4 is 11.7 Å². The fourth-order valence-electron chi connectivity index (χ4n) is 2.61. The van der Waals surface area contributed by atoms with Crippen LogP contribution in [0.5, 0.6) is 5.75 Å². The second-order valence-electron chi connectivity index (χ2n) is 5.35. The third-order valence-corrected chi connectivity index (χ3v) is 3.82. The third-order valence-electron chi connectivity index (χ3n) is 3.82. The Bertz CT molecular complexity index is 516. The van der Waals surface area contributed by atoms with Crippen LogP contribution in [0.1, 0.15) is 36.5 Å². The van der Waals surface area contributed by atoms with E-state index in [-0.39, 0.29) is 24.3 Å². The van der Waals surface area contributed by atoms with Gasteiger partial charge in [0.1, 0.15) is 5.75 Å². The SMILES string of the molecule is CC(=O)c1cccc(OCC(=O)N2CCCCC2CN)c1. The zero-order chi connectivity index (χ0) is 15.2. The highest BCUT2D eigenvalue weighted by atomic mass is 16.5. The molecule has 5 nitrogen and oxygen atoms in total. The minimum atomic E-state index is -0.0432. The maximum absolute atomic E-state index is 12.2. The minimum Gasteiger partial charge on any atom is -0.484 e. The van der Waals surface area contributed by atoms with Crippen LogP contribution in [-0.2, 0) is 4.79 Å². The second-order valence-corrected chi connectivity index (χ2v) is 5.35. The lowest BCUT2D eigenvalue weighted by atomic mass is 10.0. The molecule has 1 aromatic rings. The first-order valence-corrected chi connectivity index (χ1v) is 7.35. The van der Waals surface area contributed by atoms with E-state index >= 15 is 0 Å². The molecule has 0 radical (unpaired) electrons. The van der Waals surface area contributed by atoms with Crippen LogP contribution in [0.25, 0.3) is 0 Å². The summed E-state index contributed by atoms with van der Waals surface area (Å²) in [5.41, 5.74) is 6.30. The predicted octanol–water partition coefficient (Wildman–Crippen LogP) is 1.61. The van der Waals surface area contributed by atoms with Crippen LogP contribution >= 0.6 is 0 Å². The van der Waals surface area contributed by atoms with E-state index in [1.165, 1.54) is 6.92 Å². The van der Waals surface area contributed by atoms with Crippen LogP contribution in [-0.4, -0.2) is 42.3 Å². The van der Waals surface area contributed by atoms with Gasteiger partial charge in [-0.05, 0) is 38.3 Å². The summed E-state index contributed by atoms with van der Waals surface area (Å²) >= 11 is 0. The molecule has 21 heavy (non-hydrogen) atoms. The van der Waals surface area contributed by atoms with Gasteiger partial charge in [-0.2, -0.15) is 0 Å². The van der Waals surface area contributed by atoms with Crippen molar-refractivity contribution in [3.05, 3.63) is 29.8 Å². The van der Waals surface area contributed by atoms with Gasteiger partial charge in [0.25, 0.3) is 5.91 Å². The maximum Gasteiger partial charge on any atom is 0.260 e. The number of hydrogen-bond donors (Lipinski definition) is 1. The monoisotopic (exact) mass is 290 g/mol. The average molecular weight is 290 g/mol. The van der Waals surface area contributed by atoms with Gasteiger partial charge in [0, 0.05) is 24.7 Å². The van der Waals surface area contributed by atoms with Crippen LogP contribution in [0, 0.1) is 0 Å². The number of likely N-dealkylation sites (tertiary alicyclic amines) is 1. The fourth-order valence-corrected chi connectivity index (χ4v) is 2.61. The van der Waals surface area contributed by atoms with Crippen molar-refractivity contribution in [3.63, 3.8) is 0 Å². The Hall–Kier alpha value is -1.88. The Morgan fingerprint density at radius 3 is 2.90 bits per heavy atom. The fraction of sp³-hybridized carbons (Fsp3) is 0.500. The largest absolute Gasteiger partial charge is 0.484 e. The van der Waals surface area contributed by atoms with E-state index < -0.39 is 0 Å². The lowest BCUT2D eigenvalue weighted by Gasteiger charge is -2.34. The number of hydrogen-bond acceptors (Lipinski definition) is 4. The number of carbonyl (C=O) groups is 2. The molecule has 1 amide bonds. The molecule has 0 spiro atoms. The van der Waals surface area contributed by atoms with Gasteiger partial charge < -0.3 is 15.4 Å². The van der Waals surface area contributed by atoms with Crippen molar-refractivity contribution in [2.45, 2.75) is 32.2 Å². The summed E-state index contributed by atoms with van der Waals surface area (Å²) < 4.78 is 5.52. The number of rotatable bonds is 5. The lowest BCUT2D eigenvalue weighted by molar-refractivity contribution is -0.136. The van der Waals surface area contributed by atoms with Crippen molar-refractivity contribution in [1.29, 1.82) is 0 Å². The topological polar surface area (TPSA) is 72.6 Å². The van der Waals surface area contributed by atoms with Crippen molar-refractivity contribution in [3.8, 4) is 5.75 Å². The van der Waals surface area contributed by atoms with Crippen LogP contribution in [0.4, 0.5) is 0 Å². The number of Topliss-reactive ketones (excluding diaryl/α,β-unsaturated/α-hetero) is 1. The number of piperidine rings is 1. The number of ether oxygens (including phenoxy) is 1. The third kappa shape index (κ3) is 4.04. The minimum absolute atomic E-state index is 0.0160. The molecule has 1 saturated heterocycles. The summed E-state index contributed by atoms with van der Waals surface area (Å²) in [6, 6.07) is 7.01. The molecule has 2 rings (SSSR count). The molecule has 114 valence electrons. The number of amides is 1. The molecule has 1 atom stereocenters. The highest BCUT2D eigenvalue weighted by molar-refractivity contribution is 5.94. The first-order valence-electron chi connectivity index (χ1n) is 7.35. The van der Waals surface area contributed by atoms with Gasteiger partial charge in [-0.3, -0.25) is 9.59 Å². The molecule has 0 saturated carbocycles. The Kier molecular flexibility index (Phi) is 5.33. The zero-order valence-electron chi connectivity index (χ0n) is 12.4. The Balaban J connectivity index is 1.94. The number of benzene rings is 1. The molecule has 2 N–H and O–H groups in total. The second kappa shape index (κ2) is 7.22. The summed E-state index contributed by atoms with van der Waals surface area (Å²) in [6.45, 7) is 2.73. The molecule has 0 aliphatic carbocycles. The van der Waals surface area contributed by atoms with E-state index in [0.717, 1.165) is 25.8 Å². The number of nitrogens with zero attached hydrogens (tertiary/aromatic N) is 1. The smallest absolute Gasteiger partial charge is 0.260 e. The zero-order valence-corrected chi connectivity index (χ0v) is 12.4. The van der Waals surface area contributed by atoms with E-state index in [0.29, 0.717) is 17.9 Å². The quantitative estimate of drug-likeness (QED) is 0.836. The molecule has 1 heterocycles. The summed E-state index contributed by atoms with van der Waals surface area (Å²) in [7, 11) is 0. The van der Waals surface area contributed by atoms with Crippen molar-refractivity contribution in [2.75, 3.05) is 19.7 Å². The van der Waals surface area contributed by atoms with Gasteiger partial charge in [0.15, 0.2) is 12.4 Å². The highest BCUT2D eigenvalue weighted by Gasteiger charge is 2.25. The number of carbonyl (C=O) groups excluding carboxylic acids is 2. The van der Waals surface area contributed by atoms with Crippen LogP contribution in [0.15, 0.2) is 24.3 Å². The normalized spacial score (nSPS) is 18.4. The van der Waals surface area contributed by atoms with E-state index in [4.69, 9.17) is 10.5 Å². The predicted molar refractivity (Wildman–Crippen MR) is 80.3 cm³/mol. The van der Waals surface area contributed by atoms with Crippen LogP contribution in [0.3, 0.4) is 0 Å². The van der Waals surface area contributed by atoms with Crippen molar-refractivity contribution in [1.82, 2.24) is 4.90 Å². The molecule has 5 heteroatoms. The Morgan fingerprint density at radius 2 is 2.19 bits per heavy atom. The molecule has 1 fully saturated rings.